The van der Waals surface area contributed by atoms with Crippen LogP contribution in [0.5, 0.6) is 0 Å². The SMILES string of the molecule is CC.CC(C)CCCCCC(=O)N1CCNCC1. The monoisotopic (exact) mass is 256 g/mol. The van der Waals surface area contributed by atoms with Gasteiger partial charge in [-0.2, -0.15) is 0 Å². The Hall–Kier alpha value is -0.570. The van der Waals surface area contributed by atoms with Crippen molar-refractivity contribution in [3.8, 4) is 0 Å². The molecule has 18 heavy (non-hydrogen) atoms. The zero-order chi connectivity index (χ0) is 13.8. The third-order valence-corrected chi connectivity index (χ3v) is 3.14. The van der Waals surface area contributed by atoms with Crippen LogP contribution in [0.3, 0.4) is 0 Å². The maximum Gasteiger partial charge on any atom is 0.222 e. The van der Waals surface area contributed by atoms with E-state index in [1.807, 2.05) is 18.7 Å². The van der Waals surface area contributed by atoms with Gasteiger partial charge in [-0.1, -0.05) is 47.0 Å². The van der Waals surface area contributed by atoms with Crippen molar-refractivity contribution in [3.63, 3.8) is 0 Å². The number of carbonyl (C=O) groups excluding carboxylic acids is 1. The molecule has 1 rings (SSSR count). The van der Waals surface area contributed by atoms with Gasteiger partial charge in [0.25, 0.3) is 0 Å². The number of amides is 1. The summed E-state index contributed by atoms with van der Waals surface area (Å²) >= 11 is 0. The minimum Gasteiger partial charge on any atom is -0.340 e. The number of unbranched alkanes of at least 4 members (excludes halogenated alkanes) is 2. The predicted octanol–water partition coefficient (Wildman–Crippen LogP) is 3.05. The van der Waals surface area contributed by atoms with E-state index in [1.165, 1.54) is 19.3 Å². The Balaban J connectivity index is 0.00000137. The fourth-order valence-corrected chi connectivity index (χ4v) is 2.08. The van der Waals surface area contributed by atoms with E-state index in [9.17, 15) is 4.79 Å². The first-order chi connectivity index (χ1) is 8.70. The molecule has 0 aromatic carbocycles. The van der Waals surface area contributed by atoms with E-state index in [0.717, 1.165) is 44.9 Å². The first-order valence-corrected chi connectivity index (χ1v) is 7.68. The maximum atomic E-state index is 11.8. The molecule has 3 heteroatoms. The van der Waals surface area contributed by atoms with Crippen LogP contribution in [0.2, 0.25) is 0 Å². The van der Waals surface area contributed by atoms with E-state index in [1.54, 1.807) is 0 Å². The van der Waals surface area contributed by atoms with E-state index in [-0.39, 0.29) is 0 Å². The second kappa shape index (κ2) is 11.5. The largest absolute Gasteiger partial charge is 0.340 e. The molecule has 1 fully saturated rings. The number of rotatable bonds is 6. The van der Waals surface area contributed by atoms with Crippen LogP contribution in [0, 0.1) is 5.92 Å². The van der Waals surface area contributed by atoms with Crippen molar-refractivity contribution in [2.24, 2.45) is 5.92 Å². The summed E-state index contributed by atoms with van der Waals surface area (Å²) in [5.41, 5.74) is 0. The summed E-state index contributed by atoms with van der Waals surface area (Å²) in [5, 5.41) is 3.26. The Morgan fingerprint density at radius 1 is 1.11 bits per heavy atom. The van der Waals surface area contributed by atoms with Crippen LogP contribution < -0.4 is 5.32 Å². The van der Waals surface area contributed by atoms with Crippen LogP contribution >= 0.6 is 0 Å². The average Bonchev–Trinajstić information content (AvgIpc) is 2.41. The lowest BCUT2D eigenvalue weighted by Gasteiger charge is -2.27. The predicted molar refractivity (Wildman–Crippen MR) is 78.7 cm³/mol. The van der Waals surface area contributed by atoms with Crippen molar-refractivity contribution < 1.29 is 4.79 Å². The highest BCUT2D eigenvalue weighted by Crippen LogP contribution is 2.10. The van der Waals surface area contributed by atoms with Crippen molar-refractivity contribution in [2.75, 3.05) is 26.2 Å². The molecule has 0 aliphatic carbocycles. The van der Waals surface area contributed by atoms with Crippen LogP contribution in [-0.4, -0.2) is 37.0 Å². The second-order valence-electron chi connectivity index (χ2n) is 5.12. The normalized spacial score (nSPS) is 15.3. The summed E-state index contributed by atoms with van der Waals surface area (Å²) in [5.74, 6) is 1.15. The first kappa shape index (κ1) is 17.4. The van der Waals surface area contributed by atoms with Gasteiger partial charge in [-0.05, 0) is 12.3 Å². The van der Waals surface area contributed by atoms with Gasteiger partial charge >= 0.3 is 0 Å². The first-order valence-electron chi connectivity index (χ1n) is 7.68. The van der Waals surface area contributed by atoms with Gasteiger partial charge in [0, 0.05) is 32.6 Å². The van der Waals surface area contributed by atoms with Gasteiger partial charge in [0.15, 0.2) is 0 Å². The molecule has 0 unspecified atom stereocenters. The standard InChI is InChI=1S/C13H26N2O.C2H6/c1-12(2)6-4-3-5-7-13(16)15-10-8-14-9-11-15;1-2/h12,14H,3-11H2,1-2H3;1-2H3. The van der Waals surface area contributed by atoms with E-state index in [0.29, 0.717) is 5.91 Å². The minimum absolute atomic E-state index is 0.353. The number of piperazine rings is 1. The highest BCUT2D eigenvalue weighted by molar-refractivity contribution is 5.76. The van der Waals surface area contributed by atoms with E-state index in [4.69, 9.17) is 0 Å². The number of carbonyl (C=O) groups is 1. The molecule has 0 aromatic heterocycles. The van der Waals surface area contributed by atoms with Crippen LogP contribution in [0.15, 0.2) is 0 Å². The lowest BCUT2D eigenvalue weighted by molar-refractivity contribution is -0.131. The van der Waals surface area contributed by atoms with Gasteiger partial charge in [-0.3, -0.25) is 4.79 Å². The Labute approximate surface area is 113 Å². The van der Waals surface area contributed by atoms with Crippen LogP contribution in [0.25, 0.3) is 0 Å². The summed E-state index contributed by atoms with van der Waals surface area (Å²) in [6, 6.07) is 0. The second-order valence-corrected chi connectivity index (χ2v) is 5.12. The molecule has 0 spiro atoms. The Morgan fingerprint density at radius 2 is 1.72 bits per heavy atom. The van der Waals surface area contributed by atoms with Gasteiger partial charge in [-0.15, -0.1) is 0 Å². The topological polar surface area (TPSA) is 32.3 Å². The Bertz CT molecular complexity index is 199. The zero-order valence-electron chi connectivity index (χ0n) is 12.8. The number of nitrogens with zero attached hydrogens (tertiary/aromatic N) is 1. The van der Waals surface area contributed by atoms with Gasteiger partial charge in [0.05, 0.1) is 0 Å². The van der Waals surface area contributed by atoms with E-state index >= 15 is 0 Å². The highest BCUT2D eigenvalue weighted by Gasteiger charge is 2.14. The fraction of sp³-hybridized carbons (Fsp3) is 0.933. The molecule has 1 aliphatic heterocycles. The summed E-state index contributed by atoms with van der Waals surface area (Å²) in [6.07, 6.45) is 5.58. The van der Waals surface area contributed by atoms with Gasteiger partial charge in [0.1, 0.15) is 0 Å². The zero-order valence-corrected chi connectivity index (χ0v) is 12.8. The van der Waals surface area contributed by atoms with Crippen molar-refractivity contribution in [1.82, 2.24) is 10.2 Å². The van der Waals surface area contributed by atoms with Crippen molar-refractivity contribution >= 4 is 5.91 Å². The third kappa shape index (κ3) is 8.51. The lowest BCUT2D eigenvalue weighted by atomic mass is 10.0. The van der Waals surface area contributed by atoms with Crippen molar-refractivity contribution in [3.05, 3.63) is 0 Å². The molecular formula is C15H32N2O. The van der Waals surface area contributed by atoms with Crippen LogP contribution in [0.4, 0.5) is 0 Å². The number of hydrogen-bond acceptors (Lipinski definition) is 2. The third-order valence-electron chi connectivity index (χ3n) is 3.14. The molecule has 1 N–H and O–H groups in total. The number of hydrogen-bond donors (Lipinski definition) is 1. The summed E-state index contributed by atoms with van der Waals surface area (Å²) in [7, 11) is 0. The summed E-state index contributed by atoms with van der Waals surface area (Å²) in [6.45, 7) is 12.2. The quantitative estimate of drug-likeness (QED) is 0.741. The van der Waals surface area contributed by atoms with Gasteiger partial charge < -0.3 is 10.2 Å². The molecule has 0 aromatic rings. The molecule has 0 radical (unpaired) electrons. The van der Waals surface area contributed by atoms with Gasteiger partial charge in [0.2, 0.25) is 5.91 Å². The molecule has 1 saturated heterocycles. The molecule has 1 amide bonds. The minimum atomic E-state index is 0.353. The molecule has 0 saturated carbocycles. The number of nitrogens with one attached hydrogen (secondary N) is 1. The molecule has 108 valence electrons. The molecule has 0 bridgehead atoms. The van der Waals surface area contributed by atoms with E-state index in [2.05, 4.69) is 19.2 Å². The van der Waals surface area contributed by atoms with Crippen LogP contribution in [0.1, 0.15) is 59.8 Å². The Morgan fingerprint density at radius 3 is 2.28 bits per heavy atom. The van der Waals surface area contributed by atoms with Crippen molar-refractivity contribution in [1.29, 1.82) is 0 Å². The van der Waals surface area contributed by atoms with E-state index < -0.39 is 0 Å². The smallest absolute Gasteiger partial charge is 0.222 e. The average molecular weight is 256 g/mol. The van der Waals surface area contributed by atoms with Gasteiger partial charge in [-0.25, -0.2) is 0 Å². The lowest BCUT2D eigenvalue weighted by Crippen LogP contribution is -2.46. The maximum absolute atomic E-state index is 11.8. The molecule has 3 nitrogen and oxygen atoms in total. The van der Waals surface area contributed by atoms with Crippen LogP contribution in [-0.2, 0) is 4.79 Å². The fourth-order valence-electron chi connectivity index (χ4n) is 2.08. The molecule has 0 atom stereocenters. The molecule has 1 heterocycles. The van der Waals surface area contributed by atoms with Crippen molar-refractivity contribution in [2.45, 2.75) is 59.8 Å². The molecule has 1 aliphatic rings. The Kier molecular flexibility index (Phi) is 11.2. The molecular weight excluding hydrogens is 224 g/mol. The summed E-state index contributed by atoms with van der Waals surface area (Å²) < 4.78 is 0. The summed E-state index contributed by atoms with van der Waals surface area (Å²) in [4.78, 5) is 13.8. The highest BCUT2D eigenvalue weighted by atomic mass is 16.2.